The number of allylic oxidation sites excluding steroid dienone is 8. The van der Waals surface area contributed by atoms with Crippen molar-refractivity contribution in [2.75, 3.05) is 51.2 Å². The van der Waals surface area contributed by atoms with Gasteiger partial charge in [0.25, 0.3) is 0 Å². The van der Waals surface area contributed by atoms with Gasteiger partial charge in [0.1, 0.15) is 0 Å². The number of hydrogen-bond donors (Lipinski definition) is 0. The van der Waals surface area contributed by atoms with Gasteiger partial charge in [-0.25, -0.2) is 0 Å². The first-order valence-corrected chi connectivity index (χ1v) is 23.0. The first-order chi connectivity index (χ1) is 26.4. The third kappa shape index (κ3) is 8.89. The summed E-state index contributed by atoms with van der Waals surface area (Å²) in [5.41, 5.74) is 3.84. The SMILES string of the molecule is CC(C)CCOc1nc(-c2ccc(N(C)C)cc2)nc(Cl)[c]1[Ti]([C]1=CC=CC1)([C]1=CC=CC1)[c]1c(Cl)nc(-c2ccc(N(C)C)cc2)nc1OCCC(C)C. The van der Waals surface area contributed by atoms with E-state index in [1.54, 1.807) is 0 Å². The van der Waals surface area contributed by atoms with Crippen LogP contribution < -0.4 is 27.0 Å². The average molecular weight is 816 g/mol. The summed E-state index contributed by atoms with van der Waals surface area (Å²) in [4.78, 5) is 24.7. The maximum absolute atomic E-state index is 7.60. The van der Waals surface area contributed by atoms with E-state index in [0.717, 1.165) is 43.1 Å². The molecule has 288 valence electrons. The Morgan fingerprint density at radius 2 is 0.982 bits per heavy atom. The molecule has 8 nitrogen and oxygen atoms in total. The van der Waals surface area contributed by atoms with Crippen molar-refractivity contribution in [2.24, 2.45) is 11.8 Å². The zero-order chi connectivity index (χ0) is 39.3. The fraction of sp³-hybridized carbons (Fsp3) is 0.364. The molecule has 0 radical (unpaired) electrons. The van der Waals surface area contributed by atoms with Crippen LogP contribution in [0.2, 0.25) is 10.3 Å². The molecule has 11 heteroatoms. The molecule has 2 aliphatic rings. The van der Waals surface area contributed by atoms with Crippen LogP contribution in [0, 0.1) is 11.8 Å². The fourth-order valence-electron chi connectivity index (χ4n) is 6.95. The van der Waals surface area contributed by atoms with E-state index in [0.29, 0.717) is 71.6 Å². The van der Waals surface area contributed by atoms with Crippen molar-refractivity contribution < 1.29 is 26.1 Å². The maximum atomic E-state index is 7.60. The second-order valence-corrected chi connectivity index (χ2v) is 22.0. The summed E-state index contributed by atoms with van der Waals surface area (Å²) in [7, 11) is 8.08. The standard InChI is InChI=1S/2C17H21ClN3O.2C5H5.Ti/c2*1-12(2)9-10-22-16-11-15(18)19-17(20-16)13-5-7-14(8-6-13)21(3)4;2*1-2-4-5-3-1;/h2*5-8,12H,9-10H2,1-4H3;2*1-3H,4H2;. The molecule has 0 bridgehead atoms. The Bertz CT molecular complexity index is 1960. The predicted octanol–water partition coefficient (Wildman–Crippen LogP) is 9.68. The van der Waals surface area contributed by atoms with Crippen molar-refractivity contribution in [3.63, 3.8) is 0 Å². The third-order valence-corrected chi connectivity index (χ3v) is 19.0. The molecular weight excluding hydrogens is 763 g/mol. The zero-order valence-corrected chi connectivity index (χ0v) is 36.3. The molecule has 2 aromatic carbocycles. The van der Waals surface area contributed by atoms with Crippen molar-refractivity contribution in [3.8, 4) is 34.5 Å². The summed E-state index contributed by atoms with van der Waals surface area (Å²) in [5, 5.41) is 0.684. The second kappa shape index (κ2) is 17.9. The number of anilines is 2. The van der Waals surface area contributed by atoms with Crippen molar-refractivity contribution in [3.05, 3.63) is 103 Å². The molecule has 2 aliphatic carbocycles. The van der Waals surface area contributed by atoms with Crippen molar-refractivity contribution in [2.45, 2.75) is 53.4 Å². The molecule has 4 aromatic rings. The Kier molecular flexibility index (Phi) is 13.2. The fourth-order valence-corrected chi connectivity index (χ4v) is 16.4. The summed E-state index contributed by atoms with van der Waals surface area (Å²) < 4.78 is 17.6. The molecule has 0 N–H and O–H groups in total. The molecule has 6 rings (SSSR count). The molecule has 55 heavy (non-hydrogen) atoms. The van der Waals surface area contributed by atoms with Gasteiger partial charge in [-0.15, -0.1) is 0 Å². The van der Waals surface area contributed by atoms with E-state index in [-0.39, 0.29) is 0 Å². The second-order valence-electron chi connectivity index (χ2n) is 15.4. The summed E-state index contributed by atoms with van der Waals surface area (Å²) >= 11 is 10.9. The van der Waals surface area contributed by atoms with Gasteiger partial charge in [-0.2, -0.15) is 0 Å². The molecule has 2 heterocycles. The van der Waals surface area contributed by atoms with Gasteiger partial charge >= 0.3 is 342 Å². The molecule has 0 amide bonds. The average Bonchev–Trinajstić information content (AvgIpc) is 3.90. The number of hydrogen-bond acceptors (Lipinski definition) is 8. The van der Waals surface area contributed by atoms with E-state index < -0.39 is 16.6 Å². The Morgan fingerprint density at radius 1 is 0.600 bits per heavy atom. The zero-order valence-electron chi connectivity index (χ0n) is 33.2. The topological polar surface area (TPSA) is 76.5 Å². The van der Waals surface area contributed by atoms with Crippen LogP contribution in [-0.2, 0) is 16.6 Å². The number of rotatable bonds is 16. The molecule has 2 aromatic heterocycles. The minimum absolute atomic E-state index is 0.342. The first-order valence-electron chi connectivity index (χ1n) is 19.1. The van der Waals surface area contributed by atoms with Gasteiger partial charge in [0, 0.05) is 0 Å². The molecule has 0 fully saturated rings. The van der Waals surface area contributed by atoms with Gasteiger partial charge in [0.05, 0.1) is 0 Å². The van der Waals surface area contributed by atoms with E-state index in [1.807, 2.05) is 52.5 Å². The van der Waals surface area contributed by atoms with Gasteiger partial charge in [-0.3, -0.25) is 0 Å². The van der Waals surface area contributed by atoms with Crippen molar-refractivity contribution in [1.82, 2.24) is 19.9 Å². The van der Waals surface area contributed by atoms with Gasteiger partial charge < -0.3 is 0 Å². The van der Waals surface area contributed by atoms with Gasteiger partial charge in [-0.05, 0) is 0 Å². The van der Waals surface area contributed by atoms with E-state index in [4.69, 9.17) is 52.6 Å². The monoisotopic (exact) mass is 814 g/mol. The summed E-state index contributed by atoms with van der Waals surface area (Å²) in [5.74, 6) is 2.80. The summed E-state index contributed by atoms with van der Waals surface area (Å²) in [6.07, 6.45) is 16.1. The van der Waals surface area contributed by atoms with Crippen LogP contribution in [0.5, 0.6) is 11.8 Å². The quantitative estimate of drug-likeness (QED) is 0.0818. The van der Waals surface area contributed by atoms with Crippen LogP contribution >= 0.6 is 23.2 Å². The molecule has 0 aliphatic heterocycles. The van der Waals surface area contributed by atoms with Crippen molar-refractivity contribution >= 4 is 42.3 Å². The normalized spacial score (nSPS) is 13.8. The van der Waals surface area contributed by atoms with Crippen LogP contribution in [0.4, 0.5) is 11.4 Å². The molecule has 0 saturated heterocycles. The number of halogens is 2. The van der Waals surface area contributed by atoms with E-state index in [2.05, 4.69) is 98.2 Å². The van der Waals surface area contributed by atoms with Gasteiger partial charge in [-0.1, -0.05) is 0 Å². The molecule has 0 atom stereocenters. The molecule has 0 spiro atoms. The summed E-state index contributed by atoms with van der Waals surface area (Å²) in [6, 6.07) is 16.3. The van der Waals surface area contributed by atoms with E-state index in [9.17, 15) is 0 Å². The molecular formula is C44H52Cl2N6O2Ti. The third-order valence-electron chi connectivity index (χ3n) is 10.1. The number of nitrogens with zero attached hydrogens (tertiary/aromatic N) is 6. The molecule has 0 saturated carbocycles. The predicted molar refractivity (Wildman–Crippen MR) is 226 cm³/mol. The molecule has 0 unspecified atom stereocenters. The van der Waals surface area contributed by atoms with Crippen LogP contribution in [0.1, 0.15) is 53.4 Å². The van der Waals surface area contributed by atoms with Gasteiger partial charge in [0.15, 0.2) is 0 Å². The Morgan fingerprint density at radius 3 is 1.29 bits per heavy atom. The van der Waals surface area contributed by atoms with Crippen LogP contribution in [-0.4, -0.2) is 61.3 Å². The minimum atomic E-state index is -4.31. The number of benzene rings is 2. The Labute approximate surface area is 340 Å². The van der Waals surface area contributed by atoms with Crippen LogP contribution in [0.3, 0.4) is 0 Å². The number of ether oxygens (including phenoxy) is 2. The Hall–Kier alpha value is -3.95. The van der Waals surface area contributed by atoms with Crippen LogP contribution in [0.25, 0.3) is 22.8 Å². The van der Waals surface area contributed by atoms with E-state index >= 15 is 0 Å². The van der Waals surface area contributed by atoms with Crippen molar-refractivity contribution in [1.29, 1.82) is 0 Å². The Balaban J connectivity index is 1.65. The van der Waals surface area contributed by atoms with Crippen LogP contribution in [0.15, 0.2) is 92.7 Å². The summed E-state index contributed by atoms with van der Waals surface area (Å²) in [6.45, 7) is 9.69. The number of aromatic nitrogens is 4. The first kappa shape index (κ1) is 40.7. The van der Waals surface area contributed by atoms with E-state index in [1.165, 1.54) is 7.76 Å². The van der Waals surface area contributed by atoms with Gasteiger partial charge in [0.2, 0.25) is 0 Å².